The summed E-state index contributed by atoms with van der Waals surface area (Å²) >= 11 is 0. The number of ether oxygens (including phenoxy) is 1. The molecular weight excluding hydrogens is 238 g/mol. The van der Waals surface area contributed by atoms with Crippen molar-refractivity contribution < 1.29 is 4.74 Å². The molecule has 110 valence electrons. The molecule has 1 aliphatic heterocycles. The van der Waals surface area contributed by atoms with E-state index in [1.165, 1.54) is 0 Å². The van der Waals surface area contributed by atoms with Crippen molar-refractivity contribution in [2.75, 3.05) is 26.8 Å². The van der Waals surface area contributed by atoms with Gasteiger partial charge in [-0.15, -0.1) is 0 Å². The van der Waals surface area contributed by atoms with Gasteiger partial charge in [0.2, 0.25) is 0 Å². The van der Waals surface area contributed by atoms with Gasteiger partial charge < -0.3 is 9.64 Å². The molecule has 0 aromatic carbocycles. The molecule has 1 rings (SSSR count). The van der Waals surface area contributed by atoms with Crippen LogP contribution >= 0.6 is 0 Å². The molecule has 1 N–H and O–H groups in total. The first kappa shape index (κ1) is 16.4. The lowest BCUT2D eigenvalue weighted by Gasteiger charge is -2.27. The largest absolute Gasteiger partial charge is 0.380 e. The van der Waals surface area contributed by atoms with Gasteiger partial charge in [0.25, 0.3) is 0 Å². The van der Waals surface area contributed by atoms with E-state index in [0.717, 1.165) is 45.4 Å². The lowest BCUT2D eigenvalue weighted by molar-refractivity contribution is 0.158. The first-order valence-corrected chi connectivity index (χ1v) is 7.44. The zero-order valence-corrected chi connectivity index (χ0v) is 12.9. The fourth-order valence-electron chi connectivity index (χ4n) is 2.69. The Morgan fingerprint density at radius 3 is 2.74 bits per heavy atom. The van der Waals surface area contributed by atoms with E-state index in [-0.39, 0.29) is 5.54 Å². The first-order valence-electron chi connectivity index (χ1n) is 7.44. The molecule has 4 nitrogen and oxygen atoms in total. The van der Waals surface area contributed by atoms with Crippen LogP contribution in [0.25, 0.3) is 0 Å². The Morgan fingerprint density at radius 1 is 1.47 bits per heavy atom. The maximum absolute atomic E-state index is 9.28. The number of unbranched alkanes of at least 4 members (excludes halogenated alkanes) is 1. The average Bonchev–Trinajstić information content (AvgIpc) is 2.87. The molecule has 1 aliphatic rings. The average molecular weight is 267 g/mol. The molecular formula is C15H29N3O. The predicted molar refractivity (Wildman–Crippen MR) is 78.0 cm³/mol. The zero-order chi connectivity index (χ0) is 14.3. The standard InChI is InChI=1S/C15H29N3O/c1-13(2)17-15(3,12-16)8-5-6-9-18(4)14-7-10-19-11-14/h13-14,17H,5-11H2,1-4H3. The van der Waals surface area contributed by atoms with Crippen molar-refractivity contribution in [2.45, 2.75) is 64.1 Å². The molecule has 4 heteroatoms. The second-order valence-corrected chi connectivity index (χ2v) is 6.20. The third-order valence-electron chi connectivity index (χ3n) is 3.82. The van der Waals surface area contributed by atoms with Crippen LogP contribution in [0.5, 0.6) is 0 Å². The van der Waals surface area contributed by atoms with Gasteiger partial charge in [0.1, 0.15) is 5.54 Å². The van der Waals surface area contributed by atoms with Crippen LogP contribution in [-0.4, -0.2) is 49.3 Å². The molecule has 1 saturated heterocycles. The minimum Gasteiger partial charge on any atom is -0.380 e. The van der Waals surface area contributed by atoms with Crippen molar-refractivity contribution in [3.8, 4) is 6.07 Å². The second-order valence-electron chi connectivity index (χ2n) is 6.20. The summed E-state index contributed by atoms with van der Waals surface area (Å²) in [4.78, 5) is 2.40. The Hall–Kier alpha value is -0.630. The van der Waals surface area contributed by atoms with Crippen molar-refractivity contribution >= 4 is 0 Å². The van der Waals surface area contributed by atoms with E-state index in [9.17, 15) is 5.26 Å². The van der Waals surface area contributed by atoms with E-state index in [2.05, 4.69) is 37.2 Å². The fourth-order valence-corrected chi connectivity index (χ4v) is 2.69. The van der Waals surface area contributed by atoms with Crippen molar-refractivity contribution in [3.63, 3.8) is 0 Å². The van der Waals surface area contributed by atoms with Gasteiger partial charge in [-0.3, -0.25) is 5.32 Å². The number of likely N-dealkylation sites (N-methyl/N-ethyl adjacent to an activating group) is 1. The highest BCUT2D eigenvalue weighted by Crippen LogP contribution is 2.16. The number of hydrogen-bond donors (Lipinski definition) is 1. The van der Waals surface area contributed by atoms with Gasteiger partial charge in [-0.2, -0.15) is 5.26 Å². The first-order chi connectivity index (χ1) is 8.97. The van der Waals surface area contributed by atoms with Gasteiger partial charge in [0.05, 0.1) is 12.7 Å². The summed E-state index contributed by atoms with van der Waals surface area (Å²) in [5.74, 6) is 0. The van der Waals surface area contributed by atoms with Crippen LogP contribution in [0.2, 0.25) is 0 Å². The summed E-state index contributed by atoms with van der Waals surface area (Å²) in [5.41, 5.74) is -0.386. The molecule has 0 amide bonds. The Balaban J connectivity index is 2.20. The van der Waals surface area contributed by atoms with Crippen molar-refractivity contribution in [1.29, 1.82) is 5.26 Å². The number of nitrogens with one attached hydrogen (secondary N) is 1. The Morgan fingerprint density at radius 2 is 2.21 bits per heavy atom. The van der Waals surface area contributed by atoms with Crippen molar-refractivity contribution in [2.24, 2.45) is 0 Å². The van der Waals surface area contributed by atoms with Crippen LogP contribution in [0.15, 0.2) is 0 Å². The zero-order valence-electron chi connectivity index (χ0n) is 12.9. The molecule has 2 unspecified atom stereocenters. The molecule has 2 atom stereocenters. The van der Waals surface area contributed by atoms with Gasteiger partial charge >= 0.3 is 0 Å². The van der Waals surface area contributed by atoms with Gasteiger partial charge in [0, 0.05) is 18.7 Å². The highest BCUT2D eigenvalue weighted by molar-refractivity contribution is 5.04. The van der Waals surface area contributed by atoms with E-state index < -0.39 is 0 Å². The van der Waals surface area contributed by atoms with Crippen molar-refractivity contribution in [1.82, 2.24) is 10.2 Å². The predicted octanol–water partition coefficient (Wildman–Crippen LogP) is 2.16. The molecule has 0 saturated carbocycles. The van der Waals surface area contributed by atoms with Crippen LogP contribution in [0.3, 0.4) is 0 Å². The summed E-state index contributed by atoms with van der Waals surface area (Å²) in [6, 6.07) is 3.35. The SMILES string of the molecule is CC(C)NC(C)(C#N)CCCCN(C)C1CCOC1. The molecule has 19 heavy (non-hydrogen) atoms. The second kappa shape index (κ2) is 7.84. The number of nitrogens with zero attached hydrogens (tertiary/aromatic N) is 2. The third kappa shape index (κ3) is 5.90. The number of nitriles is 1. The summed E-state index contributed by atoms with van der Waals surface area (Å²) < 4.78 is 5.41. The maximum atomic E-state index is 9.28. The molecule has 1 heterocycles. The lowest BCUT2D eigenvalue weighted by Crippen LogP contribution is -2.45. The van der Waals surface area contributed by atoms with E-state index in [1.54, 1.807) is 0 Å². The van der Waals surface area contributed by atoms with Crippen LogP contribution in [0.4, 0.5) is 0 Å². The minimum absolute atomic E-state index is 0.350. The Bertz CT molecular complexity index is 294. The monoisotopic (exact) mass is 267 g/mol. The van der Waals surface area contributed by atoms with Crippen LogP contribution in [0.1, 0.15) is 46.5 Å². The molecule has 0 aliphatic carbocycles. The van der Waals surface area contributed by atoms with E-state index in [4.69, 9.17) is 4.74 Å². The lowest BCUT2D eigenvalue weighted by atomic mass is 9.95. The summed E-state index contributed by atoms with van der Waals surface area (Å²) in [7, 11) is 2.18. The van der Waals surface area contributed by atoms with Gasteiger partial charge in [-0.1, -0.05) is 0 Å². The summed E-state index contributed by atoms with van der Waals surface area (Å²) in [5, 5.41) is 12.6. The van der Waals surface area contributed by atoms with E-state index >= 15 is 0 Å². The maximum Gasteiger partial charge on any atom is 0.104 e. The van der Waals surface area contributed by atoms with Crippen LogP contribution in [-0.2, 0) is 4.74 Å². The van der Waals surface area contributed by atoms with Gasteiger partial charge in [-0.05, 0) is 60.0 Å². The summed E-state index contributed by atoms with van der Waals surface area (Å²) in [6.45, 7) is 9.05. The quantitative estimate of drug-likeness (QED) is 0.685. The smallest absolute Gasteiger partial charge is 0.104 e. The summed E-state index contributed by atoms with van der Waals surface area (Å²) in [6.07, 6.45) is 4.30. The molecule has 0 aromatic heterocycles. The number of hydrogen-bond acceptors (Lipinski definition) is 4. The van der Waals surface area contributed by atoms with E-state index in [0.29, 0.717) is 12.1 Å². The fraction of sp³-hybridized carbons (Fsp3) is 0.933. The minimum atomic E-state index is -0.386. The molecule has 0 spiro atoms. The third-order valence-corrected chi connectivity index (χ3v) is 3.82. The molecule has 0 aromatic rings. The van der Waals surface area contributed by atoms with E-state index in [1.807, 2.05) is 6.92 Å². The highest BCUT2D eigenvalue weighted by atomic mass is 16.5. The molecule has 0 radical (unpaired) electrons. The van der Waals surface area contributed by atoms with Crippen molar-refractivity contribution in [3.05, 3.63) is 0 Å². The van der Waals surface area contributed by atoms with Crippen LogP contribution in [0, 0.1) is 11.3 Å². The Labute approximate surface area is 118 Å². The molecule has 0 bridgehead atoms. The Kier molecular flexibility index (Phi) is 6.78. The molecule has 1 fully saturated rings. The van der Waals surface area contributed by atoms with Gasteiger partial charge in [0.15, 0.2) is 0 Å². The topological polar surface area (TPSA) is 48.3 Å². The highest BCUT2D eigenvalue weighted by Gasteiger charge is 2.24. The van der Waals surface area contributed by atoms with Gasteiger partial charge in [-0.25, -0.2) is 0 Å². The number of rotatable bonds is 8. The van der Waals surface area contributed by atoms with Crippen LogP contribution < -0.4 is 5.32 Å². The normalized spacial score (nSPS) is 22.7.